The van der Waals surface area contributed by atoms with E-state index in [1.807, 2.05) is 44.2 Å². The van der Waals surface area contributed by atoms with Crippen LogP contribution in [0.1, 0.15) is 11.1 Å². The van der Waals surface area contributed by atoms with E-state index in [2.05, 4.69) is 4.90 Å². The average Bonchev–Trinajstić information content (AvgIpc) is 2.69. The topological polar surface area (TPSA) is 59.1 Å². The van der Waals surface area contributed by atoms with Crippen LogP contribution in [0.2, 0.25) is 0 Å². The van der Waals surface area contributed by atoms with Gasteiger partial charge in [0.15, 0.2) is 0 Å². The summed E-state index contributed by atoms with van der Waals surface area (Å²) in [7, 11) is -1.90. The molecule has 1 heterocycles. The molecular weight excluding hydrogens is 376 g/mol. The summed E-state index contributed by atoms with van der Waals surface area (Å²) in [6.07, 6.45) is 0. The summed E-state index contributed by atoms with van der Waals surface area (Å²) in [5.41, 5.74) is 1.66. The van der Waals surface area contributed by atoms with Crippen LogP contribution in [-0.4, -0.2) is 64.1 Å². The number of ether oxygens (including phenoxy) is 2. The fourth-order valence-electron chi connectivity index (χ4n) is 3.53. The normalized spacial score (nSPS) is 16.1. The molecule has 28 heavy (non-hydrogen) atoms. The van der Waals surface area contributed by atoms with E-state index in [4.69, 9.17) is 9.47 Å². The van der Waals surface area contributed by atoms with Crippen molar-refractivity contribution in [3.63, 3.8) is 0 Å². The lowest BCUT2D eigenvalue weighted by Gasteiger charge is -2.34. The van der Waals surface area contributed by atoms with Crippen LogP contribution < -0.4 is 9.47 Å². The molecule has 1 saturated heterocycles. The molecule has 1 aliphatic heterocycles. The summed E-state index contributed by atoms with van der Waals surface area (Å²) < 4.78 is 38.7. The second-order valence-corrected chi connectivity index (χ2v) is 8.94. The van der Waals surface area contributed by atoms with Crippen molar-refractivity contribution < 1.29 is 17.9 Å². The van der Waals surface area contributed by atoms with Gasteiger partial charge in [-0.1, -0.05) is 18.2 Å². The predicted octanol–water partition coefficient (Wildman–Crippen LogP) is 2.70. The van der Waals surface area contributed by atoms with E-state index in [1.54, 1.807) is 23.5 Å². The standard InChI is InChI=1S/C21H28N2O4S/c1-17-15-20(16-18(2)21(17)26-3)28(24,25)23-11-9-22(10-12-23)13-14-27-19-7-5-4-6-8-19/h4-8,15-16H,9-14H2,1-3H3. The summed E-state index contributed by atoms with van der Waals surface area (Å²) in [5.74, 6) is 1.59. The summed E-state index contributed by atoms with van der Waals surface area (Å²) in [6, 6.07) is 13.1. The first kappa shape index (κ1) is 20.6. The van der Waals surface area contributed by atoms with Gasteiger partial charge in [0.25, 0.3) is 0 Å². The highest BCUT2D eigenvalue weighted by Gasteiger charge is 2.29. The first-order chi connectivity index (χ1) is 13.4. The van der Waals surface area contributed by atoms with Crippen LogP contribution in [-0.2, 0) is 10.0 Å². The first-order valence-electron chi connectivity index (χ1n) is 9.47. The summed E-state index contributed by atoms with van der Waals surface area (Å²) in [5, 5.41) is 0. The van der Waals surface area contributed by atoms with Gasteiger partial charge in [0.1, 0.15) is 18.1 Å². The van der Waals surface area contributed by atoms with E-state index in [9.17, 15) is 8.42 Å². The molecule has 1 aliphatic rings. The third-order valence-corrected chi connectivity index (χ3v) is 6.90. The molecule has 0 radical (unpaired) electrons. The van der Waals surface area contributed by atoms with Gasteiger partial charge in [-0.25, -0.2) is 8.42 Å². The molecule has 0 amide bonds. The second kappa shape index (κ2) is 8.94. The zero-order chi connectivity index (χ0) is 20.1. The van der Waals surface area contributed by atoms with Crippen LogP contribution in [0.4, 0.5) is 0 Å². The van der Waals surface area contributed by atoms with Gasteiger partial charge in [-0.15, -0.1) is 0 Å². The molecule has 0 aromatic heterocycles. The molecular formula is C21H28N2O4S. The Morgan fingerprint density at radius 3 is 2.14 bits per heavy atom. The number of benzene rings is 2. The zero-order valence-corrected chi connectivity index (χ0v) is 17.5. The van der Waals surface area contributed by atoms with Crippen LogP contribution in [0.3, 0.4) is 0 Å². The van der Waals surface area contributed by atoms with Crippen molar-refractivity contribution in [1.29, 1.82) is 0 Å². The number of para-hydroxylation sites is 1. The lowest BCUT2D eigenvalue weighted by atomic mass is 10.1. The van der Waals surface area contributed by atoms with E-state index >= 15 is 0 Å². The summed E-state index contributed by atoms with van der Waals surface area (Å²) >= 11 is 0. The van der Waals surface area contributed by atoms with Crippen molar-refractivity contribution in [2.75, 3.05) is 46.4 Å². The van der Waals surface area contributed by atoms with E-state index in [1.165, 1.54) is 0 Å². The molecule has 1 fully saturated rings. The van der Waals surface area contributed by atoms with Gasteiger partial charge in [-0.2, -0.15) is 4.31 Å². The predicted molar refractivity (Wildman–Crippen MR) is 110 cm³/mol. The maximum absolute atomic E-state index is 13.0. The van der Waals surface area contributed by atoms with Crippen LogP contribution >= 0.6 is 0 Å². The Morgan fingerprint density at radius 2 is 1.57 bits per heavy atom. The minimum absolute atomic E-state index is 0.337. The van der Waals surface area contributed by atoms with Gasteiger partial charge >= 0.3 is 0 Å². The Bertz CT molecular complexity index is 869. The third kappa shape index (κ3) is 4.66. The Hall–Kier alpha value is -2.09. The molecule has 6 nitrogen and oxygen atoms in total. The van der Waals surface area contributed by atoms with Crippen LogP contribution in [0, 0.1) is 13.8 Å². The number of hydrogen-bond acceptors (Lipinski definition) is 5. The van der Waals surface area contributed by atoms with Gasteiger partial charge in [0.05, 0.1) is 12.0 Å². The van der Waals surface area contributed by atoms with Gasteiger partial charge in [-0.3, -0.25) is 4.90 Å². The summed E-state index contributed by atoms with van der Waals surface area (Å²) in [4.78, 5) is 2.57. The largest absolute Gasteiger partial charge is 0.496 e. The smallest absolute Gasteiger partial charge is 0.243 e. The molecule has 7 heteroatoms. The van der Waals surface area contributed by atoms with E-state index in [0.29, 0.717) is 37.7 Å². The van der Waals surface area contributed by atoms with Crippen LogP contribution in [0.5, 0.6) is 11.5 Å². The minimum Gasteiger partial charge on any atom is -0.496 e. The quantitative estimate of drug-likeness (QED) is 0.710. The summed E-state index contributed by atoms with van der Waals surface area (Å²) in [6.45, 7) is 7.48. The SMILES string of the molecule is COc1c(C)cc(S(=O)(=O)N2CCN(CCOc3ccccc3)CC2)cc1C. The molecule has 0 saturated carbocycles. The maximum Gasteiger partial charge on any atom is 0.243 e. The monoisotopic (exact) mass is 404 g/mol. The molecule has 0 N–H and O–H groups in total. The number of sulfonamides is 1. The Labute approximate surface area is 167 Å². The molecule has 152 valence electrons. The van der Waals surface area contributed by atoms with Crippen molar-refractivity contribution in [1.82, 2.24) is 9.21 Å². The molecule has 3 rings (SSSR count). The Balaban J connectivity index is 1.56. The third-order valence-electron chi connectivity index (χ3n) is 5.03. The number of hydrogen-bond donors (Lipinski definition) is 0. The Kier molecular flexibility index (Phi) is 6.59. The Morgan fingerprint density at radius 1 is 0.964 bits per heavy atom. The number of aryl methyl sites for hydroxylation is 2. The molecule has 0 aliphatic carbocycles. The van der Waals surface area contributed by atoms with Gasteiger partial charge < -0.3 is 9.47 Å². The van der Waals surface area contributed by atoms with Crippen LogP contribution in [0.25, 0.3) is 0 Å². The van der Waals surface area contributed by atoms with E-state index in [-0.39, 0.29) is 0 Å². The highest BCUT2D eigenvalue weighted by Crippen LogP contribution is 2.28. The maximum atomic E-state index is 13.0. The van der Waals surface area contributed by atoms with Gasteiger partial charge in [-0.05, 0) is 49.2 Å². The highest BCUT2D eigenvalue weighted by atomic mass is 32.2. The van der Waals surface area contributed by atoms with Crippen molar-refractivity contribution in [3.05, 3.63) is 53.6 Å². The minimum atomic E-state index is -3.50. The van der Waals surface area contributed by atoms with Crippen molar-refractivity contribution in [2.24, 2.45) is 0 Å². The van der Waals surface area contributed by atoms with E-state index in [0.717, 1.165) is 29.2 Å². The lowest BCUT2D eigenvalue weighted by Crippen LogP contribution is -2.49. The van der Waals surface area contributed by atoms with Crippen molar-refractivity contribution >= 4 is 10.0 Å². The number of piperazine rings is 1. The average molecular weight is 405 g/mol. The fourth-order valence-corrected chi connectivity index (χ4v) is 5.13. The van der Waals surface area contributed by atoms with Gasteiger partial charge in [0, 0.05) is 32.7 Å². The number of nitrogens with zero attached hydrogens (tertiary/aromatic N) is 2. The molecule has 0 spiro atoms. The van der Waals surface area contributed by atoms with E-state index < -0.39 is 10.0 Å². The fraction of sp³-hybridized carbons (Fsp3) is 0.429. The molecule has 2 aromatic rings. The number of methoxy groups -OCH3 is 1. The van der Waals surface area contributed by atoms with Crippen molar-refractivity contribution in [2.45, 2.75) is 18.7 Å². The molecule has 0 atom stereocenters. The van der Waals surface area contributed by atoms with Crippen LogP contribution in [0.15, 0.2) is 47.4 Å². The lowest BCUT2D eigenvalue weighted by molar-refractivity contribution is 0.159. The molecule has 2 aromatic carbocycles. The number of rotatable bonds is 7. The molecule has 0 bridgehead atoms. The molecule has 0 unspecified atom stereocenters. The second-order valence-electron chi connectivity index (χ2n) is 7.00. The zero-order valence-electron chi connectivity index (χ0n) is 16.7. The van der Waals surface area contributed by atoms with Crippen molar-refractivity contribution in [3.8, 4) is 11.5 Å². The first-order valence-corrected chi connectivity index (χ1v) is 10.9. The highest BCUT2D eigenvalue weighted by molar-refractivity contribution is 7.89. The van der Waals surface area contributed by atoms with Gasteiger partial charge in [0.2, 0.25) is 10.0 Å².